The standard InChI is InChI=1S/C17H22N2O4/c1-10(2)9-23-16(20)14-11(3)18-17(21)19-15(14)12-6-5-7-13(8-12)22-4/h5-8,10,15H,9H2,1-4H3,(H2,18,19,21)/t15-/m0/s1. The third kappa shape index (κ3) is 4.03. The van der Waals surface area contributed by atoms with Crippen LogP contribution in [0, 0.1) is 5.92 Å². The van der Waals surface area contributed by atoms with Crippen molar-refractivity contribution in [1.82, 2.24) is 10.6 Å². The summed E-state index contributed by atoms with van der Waals surface area (Å²) >= 11 is 0. The summed E-state index contributed by atoms with van der Waals surface area (Å²) in [6.07, 6.45) is 0. The lowest BCUT2D eigenvalue weighted by Gasteiger charge is -2.28. The molecule has 1 atom stereocenters. The number of methoxy groups -OCH3 is 1. The summed E-state index contributed by atoms with van der Waals surface area (Å²) in [6, 6.07) is 6.32. The van der Waals surface area contributed by atoms with Gasteiger partial charge in [0.25, 0.3) is 0 Å². The number of esters is 1. The number of urea groups is 1. The quantitative estimate of drug-likeness (QED) is 0.818. The van der Waals surface area contributed by atoms with Gasteiger partial charge in [0.2, 0.25) is 0 Å². The van der Waals surface area contributed by atoms with Gasteiger partial charge in [-0.3, -0.25) is 0 Å². The Kier molecular flexibility index (Phi) is 5.26. The summed E-state index contributed by atoms with van der Waals surface area (Å²) in [5.74, 6) is 0.459. The first kappa shape index (κ1) is 16.9. The van der Waals surface area contributed by atoms with Gasteiger partial charge in [-0.15, -0.1) is 0 Å². The van der Waals surface area contributed by atoms with Crippen molar-refractivity contribution in [3.05, 3.63) is 41.1 Å². The monoisotopic (exact) mass is 318 g/mol. The number of allylic oxidation sites excluding steroid dienone is 1. The lowest BCUT2D eigenvalue weighted by molar-refractivity contribution is -0.140. The van der Waals surface area contributed by atoms with Gasteiger partial charge in [0.1, 0.15) is 5.75 Å². The summed E-state index contributed by atoms with van der Waals surface area (Å²) in [5, 5.41) is 5.39. The highest BCUT2D eigenvalue weighted by atomic mass is 16.5. The lowest BCUT2D eigenvalue weighted by atomic mass is 9.95. The molecular formula is C17H22N2O4. The van der Waals surface area contributed by atoms with Crippen molar-refractivity contribution < 1.29 is 19.1 Å². The molecule has 6 nitrogen and oxygen atoms in total. The zero-order chi connectivity index (χ0) is 17.0. The average Bonchev–Trinajstić information content (AvgIpc) is 2.52. The minimum atomic E-state index is -0.571. The van der Waals surface area contributed by atoms with Crippen molar-refractivity contribution >= 4 is 12.0 Å². The Hall–Kier alpha value is -2.50. The van der Waals surface area contributed by atoms with Crippen LogP contribution in [0.15, 0.2) is 35.5 Å². The molecule has 23 heavy (non-hydrogen) atoms. The SMILES string of the molecule is COc1cccc([C@@H]2NC(=O)NC(C)=C2C(=O)OCC(C)C)c1. The van der Waals surface area contributed by atoms with Gasteiger partial charge in [0.05, 0.1) is 25.3 Å². The molecule has 0 unspecified atom stereocenters. The van der Waals surface area contributed by atoms with Crippen LogP contribution >= 0.6 is 0 Å². The smallest absolute Gasteiger partial charge is 0.338 e. The van der Waals surface area contributed by atoms with Gasteiger partial charge >= 0.3 is 12.0 Å². The zero-order valence-electron chi connectivity index (χ0n) is 13.8. The molecule has 0 radical (unpaired) electrons. The van der Waals surface area contributed by atoms with E-state index >= 15 is 0 Å². The minimum Gasteiger partial charge on any atom is -0.497 e. The molecule has 6 heteroatoms. The van der Waals surface area contributed by atoms with Crippen LogP contribution in [-0.2, 0) is 9.53 Å². The number of amides is 2. The number of nitrogens with one attached hydrogen (secondary N) is 2. The fourth-order valence-electron chi connectivity index (χ4n) is 2.36. The summed E-state index contributed by atoms with van der Waals surface area (Å²) in [4.78, 5) is 24.3. The summed E-state index contributed by atoms with van der Waals surface area (Å²) < 4.78 is 10.6. The largest absolute Gasteiger partial charge is 0.497 e. The first-order valence-electron chi connectivity index (χ1n) is 7.51. The van der Waals surface area contributed by atoms with E-state index in [-0.39, 0.29) is 11.9 Å². The second kappa shape index (κ2) is 7.17. The van der Waals surface area contributed by atoms with Crippen molar-refractivity contribution in [3.8, 4) is 5.75 Å². The molecule has 0 bridgehead atoms. The number of hydrogen-bond donors (Lipinski definition) is 2. The first-order valence-corrected chi connectivity index (χ1v) is 7.51. The topological polar surface area (TPSA) is 76.7 Å². The van der Waals surface area contributed by atoms with Crippen molar-refractivity contribution in [1.29, 1.82) is 0 Å². The molecule has 0 saturated heterocycles. The van der Waals surface area contributed by atoms with Crippen LogP contribution in [0.4, 0.5) is 4.79 Å². The normalized spacial score (nSPS) is 17.6. The maximum atomic E-state index is 12.5. The molecule has 0 saturated carbocycles. The second-order valence-corrected chi connectivity index (χ2v) is 5.84. The molecular weight excluding hydrogens is 296 g/mol. The van der Waals surface area contributed by atoms with E-state index in [0.29, 0.717) is 23.6 Å². The van der Waals surface area contributed by atoms with Gasteiger partial charge in [0, 0.05) is 5.70 Å². The molecule has 0 aromatic heterocycles. The third-order valence-electron chi connectivity index (χ3n) is 3.46. The summed E-state index contributed by atoms with van der Waals surface area (Å²) in [6.45, 7) is 5.95. The second-order valence-electron chi connectivity index (χ2n) is 5.84. The van der Waals surface area contributed by atoms with Gasteiger partial charge in [-0.25, -0.2) is 9.59 Å². The van der Waals surface area contributed by atoms with Crippen molar-refractivity contribution in [2.24, 2.45) is 5.92 Å². The minimum absolute atomic E-state index is 0.237. The molecule has 1 aliphatic rings. The highest BCUT2D eigenvalue weighted by Gasteiger charge is 2.32. The van der Waals surface area contributed by atoms with E-state index in [1.165, 1.54) is 0 Å². The van der Waals surface area contributed by atoms with Crippen LogP contribution in [0.25, 0.3) is 0 Å². The first-order chi connectivity index (χ1) is 10.9. The molecule has 1 aromatic rings. The molecule has 1 aliphatic heterocycles. The van der Waals surface area contributed by atoms with Crippen molar-refractivity contribution in [2.45, 2.75) is 26.8 Å². The van der Waals surface area contributed by atoms with Gasteiger partial charge in [0.15, 0.2) is 0 Å². The lowest BCUT2D eigenvalue weighted by Crippen LogP contribution is -2.45. The van der Waals surface area contributed by atoms with E-state index in [0.717, 1.165) is 5.56 Å². The average molecular weight is 318 g/mol. The van der Waals surface area contributed by atoms with Crippen LogP contribution in [0.2, 0.25) is 0 Å². The Morgan fingerprint density at radius 2 is 2.09 bits per heavy atom. The van der Waals surface area contributed by atoms with E-state index in [1.54, 1.807) is 26.2 Å². The molecule has 124 valence electrons. The van der Waals surface area contributed by atoms with E-state index in [9.17, 15) is 9.59 Å². The molecule has 0 spiro atoms. The number of hydrogen-bond acceptors (Lipinski definition) is 4. The van der Waals surface area contributed by atoms with Crippen molar-refractivity contribution in [3.63, 3.8) is 0 Å². The molecule has 2 N–H and O–H groups in total. The number of carbonyl (C=O) groups excluding carboxylic acids is 2. The maximum Gasteiger partial charge on any atom is 0.338 e. The Labute approximate surface area is 135 Å². The predicted octanol–water partition coefficient (Wildman–Crippen LogP) is 2.52. The summed E-state index contributed by atoms with van der Waals surface area (Å²) in [7, 11) is 1.57. The van der Waals surface area contributed by atoms with E-state index in [1.807, 2.05) is 26.0 Å². The van der Waals surface area contributed by atoms with Gasteiger partial charge < -0.3 is 20.1 Å². The van der Waals surface area contributed by atoms with Gasteiger partial charge in [-0.2, -0.15) is 0 Å². The molecule has 0 fully saturated rings. The maximum absolute atomic E-state index is 12.5. The van der Waals surface area contributed by atoms with Gasteiger partial charge in [-0.1, -0.05) is 26.0 Å². The van der Waals surface area contributed by atoms with Crippen LogP contribution in [-0.4, -0.2) is 25.7 Å². The molecule has 1 heterocycles. The highest BCUT2D eigenvalue weighted by molar-refractivity contribution is 5.95. The fourth-order valence-corrected chi connectivity index (χ4v) is 2.36. The number of carbonyl (C=O) groups is 2. The van der Waals surface area contributed by atoms with E-state index in [4.69, 9.17) is 9.47 Å². The van der Waals surface area contributed by atoms with Crippen LogP contribution in [0.5, 0.6) is 5.75 Å². The molecule has 2 amide bonds. The molecule has 1 aromatic carbocycles. The summed E-state index contributed by atoms with van der Waals surface area (Å²) in [5.41, 5.74) is 1.66. The molecule has 0 aliphatic carbocycles. The van der Waals surface area contributed by atoms with Gasteiger partial charge in [-0.05, 0) is 30.5 Å². The molecule has 2 rings (SSSR count). The Morgan fingerprint density at radius 1 is 1.35 bits per heavy atom. The van der Waals surface area contributed by atoms with Crippen LogP contribution < -0.4 is 15.4 Å². The van der Waals surface area contributed by atoms with Crippen LogP contribution in [0.3, 0.4) is 0 Å². The number of rotatable bonds is 5. The number of benzene rings is 1. The van der Waals surface area contributed by atoms with Crippen LogP contribution in [0.1, 0.15) is 32.4 Å². The predicted molar refractivity (Wildman–Crippen MR) is 85.9 cm³/mol. The Bertz CT molecular complexity index is 637. The fraction of sp³-hybridized carbons (Fsp3) is 0.412. The third-order valence-corrected chi connectivity index (χ3v) is 3.46. The number of ether oxygens (including phenoxy) is 2. The highest BCUT2D eigenvalue weighted by Crippen LogP contribution is 2.29. The Morgan fingerprint density at radius 3 is 2.74 bits per heavy atom. The van der Waals surface area contributed by atoms with E-state index < -0.39 is 12.0 Å². The Balaban J connectivity index is 2.35. The van der Waals surface area contributed by atoms with E-state index in [2.05, 4.69) is 10.6 Å². The zero-order valence-corrected chi connectivity index (χ0v) is 13.8. The van der Waals surface area contributed by atoms with Crippen molar-refractivity contribution in [2.75, 3.05) is 13.7 Å².